The van der Waals surface area contributed by atoms with Gasteiger partial charge in [-0.2, -0.15) is 0 Å². The number of ether oxygens (including phenoxy) is 1. The molecule has 0 aliphatic heterocycles. The molecule has 0 radical (unpaired) electrons. The van der Waals surface area contributed by atoms with Crippen LogP contribution in [0.4, 0.5) is 5.69 Å². The SMILES string of the molecule is CCCCCOC(=O)c1ccc(NC(=S)NC(=O)CCCC)cc1. The van der Waals surface area contributed by atoms with Crippen LogP contribution in [0.15, 0.2) is 24.3 Å². The molecule has 0 saturated heterocycles. The van der Waals surface area contributed by atoms with Gasteiger partial charge in [0.1, 0.15) is 0 Å². The van der Waals surface area contributed by atoms with Crippen LogP contribution >= 0.6 is 12.2 Å². The normalized spacial score (nSPS) is 10.1. The number of hydrogen-bond acceptors (Lipinski definition) is 4. The number of rotatable bonds is 9. The van der Waals surface area contributed by atoms with Crippen molar-refractivity contribution in [3.63, 3.8) is 0 Å². The van der Waals surface area contributed by atoms with Crippen LogP contribution in [-0.4, -0.2) is 23.6 Å². The van der Waals surface area contributed by atoms with E-state index in [0.717, 1.165) is 32.1 Å². The van der Waals surface area contributed by atoms with Gasteiger partial charge >= 0.3 is 5.97 Å². The van der Waals surface area contributed by atoms with Crippen molar-refractivity contribution in [2.24, 2.45) is 0 Å². The minimum atomic E-state index is -0.326. The molecule has 1 rings (SSSR count). The second-order valence-corrected chi connectivity index (χ2v) is 5.93. The summed E-state index contributed by atoms with van der Waals surface area (Å²) in [4.78, 5) is 23.5. The number of hydrogen-bond donors (Lipinski definition) is 2. The maximum Gasteiger partial charge on any atom is 0.338 e. The summed E-state index contributed by atoms with van der Waals surface area (Å²) in [6, 6.07) is 6.80. The number of nitrogens with one attached hydrogen (secondary N) is 2. The third-order valence-electron chi connectivity index (χ3n) is 3.37. The molecule has 0 aliphatic carbocycles. The maximum atomic E-state index is 11.9. The first-order chi connectivity index (χ1) is 11.6. The summed E-state index contributed by atoms with van der Waals surface area (Å²) in [5.41, 5.74) is 1.20. The van der Waals surface area contributed by atoms with Crippen molar-refractivity contribution in [2.45, 2.75) is 52.4 Å². The summed E-state index contributed by atoms with van der Waals surface area (Å²) in [5.74, 6) is -0.422. The van der Waals surface area contributed by atoms with E-state index in [2.05, 4.69) is 17.6 Å². The van der Waals surface area contributed by atoms with Crippen LogP contribution in [0.3, 0.4) is 0 Å². The Morgan fingerprint density at radius 3 is 2.33 bits per heavy atom. The molecule has 5 nitrogen and oxygen atoms in total. The highest BCUT2D eigenvalue weighted by Gasteiger charge is 2.08. The van der Waals surface area contributed by atoms with Crippen molar-refractivity contribution in [3.8, 4) is 0 Å². The number of anilines is 1. The zero-order valence-electron chi connectivity index (χ0n) is 14.4. The quantitative estimate of drug-likeness (QED) is 0.400. The number of thiocarbonyl (C=S) groups is 1. The summed E-state index contributed by atoms with van der Waals surface area (Å²) in [6.45, 7) is 4.57. The number of unbranched alkanes of at least 4 members (excludes halogenated alkanes) is 3. The monoisotopic (exact) mass is 350 g/mol. The van der Waals surface area contributed by atoms with E-state index >= 15 is 0 Å². The predicted molar refractivity (Wildman–Crippen MR) is 100 cm³/mol. The lowest BCUT2D eigenvalue weighted by molar-refractivity contribution is -0.119. The lowest BCUT2D eigenvalue weighted by Crippen LogP contribution is -2.33. The van der Waals surface area contributed by atoms with Crippen LogP contribution in [0, 0.1) is 0 Å². The number of carbonyl (C=O) groups excluding carboxylic acids is 2. The molecular weight excluding hydrogens is 324 g/mol. The molecule has 132 valence electrons. The summed E-state index contributed by atoms with van der Waals surface area (Å²) >= 11 is 5.09. The minimum Gasteiger partial charge on any atom is -0.462 e. The van der Waals surface area contributed by atoms with E-state index in [1.807, 2.05) is 6.92 Å². The zero-order chi connectivity index (χ0) is 17.8. The van der Waals surface area contributed by atoms with Crippen LogP contribution < -0.4 is 10.6 Å². The van der Waals surface area contributed by atoms with E-state index in [1.54, 1.807) is 24.3 Å². The van der Waals surface area contributed by atoms with Gasteiger partial charge in [-0.05, 0) is 49.3 Å². The third kappa shape index (κ3) is 8.06. The van der Waals surface area contributed by atoms with E-state index in [4.69, 9.17) is 17.0 Å². The molecule has 0 unspecified atom stereocenters. The van der Waals surface area contributed by atoms with Crippen LogP contribution in [0.1, 0.15) is 62.7 Å². The average molecular weight is 350 g/mol. The van der Waals surface area contributed by atoms with Crippen LogP contribution in [0.2, 0.25) is 0 Å². The second kappa shape index (κ2) is 11.6. The lowest BCUT2D eigenvalue weighted by atomic mass is 10.2. The molecule has 0 aromatic heterocycles. The second-order valence-electron chi connectivity index (χ2n) is 5.53. The summed E-state index contributed by atoms with van der Waals surface area (Å²) in [5, 5.41) is 5.81. The largest absolute Gasteiger partial charge is 0.462 e. The van der Waals surface area contributed by atoms with Crippen LogP contribution in [0.5, 0.6) is 0 Å². The lowest BCUT2D eigenvalue weighted by Gasteiger charge is -2.10. The highest BCUT2D eigenvalue weighted by molar-refractivity contribution is 7.80. The standard InChI is InChI=1S/C18H26N2O3S/c1-3-5-7-13-23-17(22)14-9-11-15(12-10-14)19-18(24)20-16(21)8-6-4-2/h9-12H,3-8,13H2,1-2H3,(H2,19,20,21,24). The molecule has 0 heterocycles. The highest BCUT2D eigenvalue weighted by Crippen LogP contribution is 2.11. The van der Waals surface area contributed by atoms with Crippen molar-refractivity contribution >= 4 is 34.9 Å². The smallest absolute Gasteiger partial charge is 0.338 e. The molecule has 0 fully saturated rings. The Balaban J connectivity index is 2.42. The third-order valence-corrected chi connectivity index (χ3v) is 3.57. The van der Waals surface area contributed by atoms with Gasteiger partial charge < -0.3 is 15.4 Å². The van der Waals surface area contributed by atoms with Crippen molar-refractivity contribution < 1.29 is 14.3 Å². The molecule has 0 aliphatic rings. The van der Waals surface area contributed by atoms with Gasteiger partial charge in [-0.3, -0.25) is 4.79 Å². The topological polar surface area (TPSA) is 67.4 Å². The molecule has 2 N–H and O–H groups in total. The van der Waals surface area contributed by atoms with Gasteiger partial charge in [0.05, 0.1) is 12.2 Å². The van der Waals surface area contributed by atoms with Gasteiger partial charge in [-0.1, -0.05) is 33.1 Å². The Morgan fingerprint density at radius 2 is 1.71 bits per heavy atom. The Hall–Kier alpha value is -1.95. The fraction of sp³-hybridized carbons (Fsp3) is 0.500. The number of carbonyl (C=O) groups is 2. The van der Waals surface area contributed by atoms with Gasteiger partial charge in [0.15, 0.2) is 5.11 Å². The first kappa shape index (κ1) is 20.1. The van der Waals surface area contributed by atoms with Gasteiger partial charge in [-0.25, -0.2) is 4.79 Å². The van der Waals surface area contributed by atoms with E-state index in [1.165, 1.54) is 0 Å². The van der Waals surface area contributed by atoms with Crippen LogP contribution in [0.25, 0.3) is 0 Å². The van der Waals surface area contributed by atoms with Gasteiger partial charge in [0.25, 0.3) is 0 Å². The fourth-order valence-electron chi connectivity index (χ4n) is 1.98. The van der Waals surface area contributed by atoms with Crippen molar-refractivity contribution in [1.82, 2.24) is 5.32 Å². The molecular formula is C18H26N2O3S. The van der Waals surface area contributed by atoms with Crippen molar-refractivity contribution in [1.29, 1.82) is 0 Å². The zero-order valence-corrected chi connectivity index (χ0v) is 15.2. The van der Waals surface area contributed by atoms with Gasteiger partial charge in [0.2, 0.25) is 5.91 Å². The molecule has 6 heteroatoms. The minimum absolute atomic E-state index is 0.0957. The van der Waals surface area contributed by atoms with E-state index in [9.17, 15) is 9.59 Å². The van der Waals surface area contributed by atoms with E-state index in [-0.39, 0.29) is 17.0 Å². The van der Waals surface area contributed by atoms with Crippen molar-refractivity contribution in [3.05, 3.63) is 29.8 Å². The summed E-state index contributed by atoms with van der Waals surface area (Å²) in [7, 11) is 0. The molecule has 0 spiro atoms. The number of esters is 1. The van der Waals surface area contributed by atoms with Crippen LogP contribution in [-0.2, 0) is 9.53 Å². The predicted octanol–water partition coefficient (Wildman–Crippen LogP) is 4.04. The molecule has 1 amide bonds. The molecule has 0 saturated carbocycles. The summed E-state index contributed by atoms with van der Waals surface area (Å²) in [6.07, 6.45) is 5.28. The van der Waals surface area contributed by atoms with Gasteiger partial charge in [0, 0.05) is 12.1 Å². The van der Waals surface area contributed by atoms with Gasteiger partial charge in [-0.15, -0.1) is 0 Å². The highest BCUT2D eigenvalue weighted by atomic mass is 32.1. The Bertz CT molecular complexity index is 544. The van der Waals surface area contributed by atoms with E-state index < -0.39 is 0 Å². The molecule has 0 atom stereocenters. The summed E-state index contributed by atoms with van der Waals surface area (Å²) < 4.78 is 5.20. The Morgan fingerprint density at radius 1 is 1.04 bits per heavy atom. The Labute approximate surface area is 149 Å². The first-order valence-corrected chi connectivity index (χ1v) is 8.85. The average Bonchev–Trinajstić information content (AvgIpc) is 2.57. The number of amides is 1. The fourth-order valence-corrected chi connectivity index (χ4v) is 2.21. The number of benzene rings is 1. The maximum absolute atomic E-state index is 11.9. The molecule has 0 bridgehead atoms. The molecule has 1 aromatic rings. The molecule has 24 heavy (non-hydrogen) atoms. The Kier molecular flexibility index (Phi) is 9.68. The van der Waals surface area contributed by atoms with E-state index in [0.29, 0.717) is 24.3 Å². The molecule has 1 aromatic carbocycles. The first-order valence-electron chi connectivity index (χ1n) is 8.44. The van der Waals surface area contributed by atoms with Crippen molar-refractivity contribution in [2.75, 3.05) is 11.9 Å².